The summed E-state index contributed by atoms with van der Waals surface area (Å²) in [6.45, 7) is 9.23. The second kappa shape index (κ2) is 2.19. The zero-order valence-corrected chi connectivity index (χ0v) is 8.22. The first-order chi connectivity index (χ1) is 4.48. The summed E-state index contributed by atoms with van der Waals surface area (Å²) in [5.74, 6) is 1.09. The van der Waals surface area contributed by atoms with Crippen molar-refractivity contribution in [2.45, 2.75) is 32.1 Å². The molecule has 0 saturated heterocycles. The van der Waals surface area contributed by atoms with Gasteiger partial charge in [-0.25, -0.2) is 0 Å². The fraction of sp³-hybridized carbons (Fsp3) is 0.875. The Labute approximate surface area is 63.8 Å². The first kappa shape index (κ1) is 7.99. The molecule has 0 aromatic heterocycles. The van der Waals surface area contributed by atoms with Gasteiger partial charge in [-0.1, -0.05) is 26.6 Å². The molecule has 1 rings (SSSR count). The molecule has 0 aromatic carbocycles. The summed E-state index contributed by atoms with van der Waals surface area (Å²) >= 11 is 0. The van der Waals surface area contributed by atoms with Crippen molar-refractivity contribution in [2.75, 3.05) is 0 Å². The predicted octanol–water partition coefficient (Wildman–Crippen LogP) is 2.16. The van der Waals surface area contributed by atoms with Crippen LogP contribution in [-0.2, 0) is 4.79 Å². The lowest BCUT2D eigenvalue weighted by Gasteiger charge is -2.14. The van der Waals surface area contributed by atoms with E-state index >= 15 is 0 Å². The maximum absolute atomic E-state index is 10.5. The van der Waals surface area contributed by atoms with E-state index in [9.17, 15) is 4.79 Å². The van der Waals surface area contributed by atoms with E-state index < -0.39 is 8.07 Å². The van der Waals surface area contributed by atoms with Crippen LogP contribution in [0.3, 0.4) is 0 Å². The highest BCUT2D eigenvalue weighted by atomic mass is 28.3. The van der Waals surface area contributed by atoms with Crippen LogP contribution in [0.15, 0.2) is 0 Å². The fourth-order valence-corrected chi connectivity index (χ4v) is 5.29. The van der Waals surface area contributed by atoms with E-state index in [0.29, 0.717) is 11.8 Å². The highest BCUT2D eigenvalue weighted by Crippen LogP contribution is 2.56. The number of rotatable bonds is 2. The van der Waals surface area contributed by atoms with Crippen molar-refractivity contribution in [3.63, 3.8) is 0 Å². The number of hydrogen-bond acceptors (Lipinski definition) is 1. The van der Waals surface area contributed by atoms with Crippen molar-refractivity contribution in [3.8, 4) is 0 Å². The molecule has 0 N–H and O–H groups in total. The molecular weight excluding hydrogens is 140 g/mol. The quantitative estimate of drug-likeness (QED) is 0.442. The van der Waals surface area contributed by atoms with Gasteiger partial charge in [0.25, 0.3) is 0 Å². The molecule has 1 nitrogen and oxygen atoms in total. The van der Waals surface area contributed by atoms with E-state index in [1.807, 2.05) is 0 Å². The Kier molecular flexibility index (Phi) is 1.75. The van der Waals surface area contributed by atoms with Crippen molar-refractivity contribution < 1.29 is 4.79 Å². The lowest BCUT2D eigenvalue weighted by Crippen LogP contribution is -2.21. The molecule has 1 aliphatic carbocycles. The van der Waals surface area contributed by atoms with Crippen LogP contribution in [-0.4, -0.2) is 14.4 Å². The van der Waals surface area contributed by atoms with Crippen molar-refractivity contribution >= 4 is 14.4 Å². The lowest BCUT2D eigenvalue weighted by atomic mass is 10.4. The molecule has 10 heavy (non-hydrogen) atoms. The van der Waals surface area contributed by atoms with Gasteiger partial charge in [0.05, 0.1) is 0 Å². The summed E-state index contributed by atoms with van der Waals surface area (Å²) in [6.07, 6.45) is 1.15. The fourth-order valence-electron chi connectivity index (χ4n) is 2.07. The maximum Gasteiger partial charge on any atom is 0.123 e. The average molecular weight is 156 g/mol. The van der Waals surface area contributed by atoms with Gasteiger partial charge in [-0.15, -0.1) is 0 Å². The second-order valence-corrected chi connectivity index (χ2v) is 9.86. The smallest absolute Gasteiger partial charge is 0.123 e. The van der Waals surface area contributed by atoms with Gasteiger partial charge in [0.1, 0.15) is 6.29 Å². The van der Waals surface area contributed by atoms with Crippen LogP contribution in [0.5, 0.6) is 0 Å². The molecule has 0 amide bonds. The standard InChI is InChI=1S/C8H16OSi/c1-6-7(5-9)8(6)10(2,3)4/h5-8H,1-4H3. The first-order valence-electron chi connectivity index (χ1n) is 3.94. The van der Waals surface area contributed by atoms with Crippen LogP contribution >= 0.6 is 0 Å². The van der Waals surface area contributed by atoms with Crippen LogP contribution in [0.4, 0.5) is 0 Å². The minimum atomic E-state index is -1.00. The topological polar surface area (TPSA) is 17.1 Å². The number of carbonyl (C=O) groups excluding carboxylic acids is 1. The Morgan fingerprint density at radius 3 is 1.90 bits per heavy atom. The van der Waals surface area contributed by atoms with Gasteiger partial charge in [0.2, 0.25) is 0 Å². The Bertz CT molecular complexity index is 148. The predicted molar refractivity (Wildman–Crippen MR) is 45.8 cm³/mol. The average Bonchev–Trinajstić information content (AvgIpc) is 2.39. The largest absolute Gasteiger partial charge is 0.303 e. The second-order valence-electron chi connectivity index (χ2n) is 4.46. The lowest BCUT2D eigenvalue weighted by molar-refractivity contribution is -0.109. The van der Waals surface area contributed by atoms with E-state index in [1.165, 1.54) is 0 Å². The van der Waals surface area contributed by atoms with Crippen molar-refractivity contribution in [3.05, 3.63) is 0 Å². The number of hydrogen-bond donors (Lipinski definition) is 0. The third kappa shape index (κ3) is 1.17. The van der Waals surface area contributed by atoms with Crippen LogP contribution in [0.2, 0.25) is 25.2 Å². The molecule has 3 atom stereocenters. The third-order valence-electron chi connectivity index (χ3n) is 2.60. The van der Waals surface area contributed by atoms with Crippen molar-refractivity contribution in [1.82, 2.24) is 0 Å². The van der Waals surface area contributed by atoms with E-state index in [4.69, 9.17) is 0 Å². The Balaban J connectivity index is 2.56. The van der Waals surface area contributed by atoms with Crippen LogP contribution < -0.4 is 0 Å². The van der Waals surface area contributed by atoms with E-state index in [1.54, 1.807) is 0 Å². The van der Waals surface area contributed by atoms with Gasteiger partial charge < -0.3 is 4.79 Å². The highest BCUT2D eigenvalue weighted by Gasteiger charge is 2.53. The minimum absolute atomic E-state index is 0.409. The first-order valence-corrected chi connectivity index (χ1v) is 7.51. The van der Waals surface area contributed by atoms with Gasteiger partial charge in [-0.3, -0.25) is 0 Å². The summed E-state index contributed by atoms with van der Waals surface area (Å²) in [6, 6.07) is 0. The monoisotopic (exact) mass is 156 g/mol. The highest BCUT2D eigenvalue weighted by molar-refractivity contribution is 6.78. The molecule has 1 aliphatic rings. The molecule has 3 unspecified atom stereocenters. The summed E-state index contributed by atoms with van der Waals surface area (Å²) in [5.41, 5.74) is 0.769. The third-order valence-corrected chi connectivity index (χ3v) is 5.52. The minimum Gasteiger partial charge on any atom is -0.303 e. The molecule has 0 heterocycles. The van der Waals surface area contributed by atoms with Crippen LogP contribution in [0.25, 0.3) is 0 Å². The normalized spacial score (nSPS) is 39.4. The molecule has 58 valence electrons. The summed E-state index contributed by atoms with van der Waals surface area (Å²) < 4.78 is 0. The molecule has 0 bridgehead atoms. The van der Waals surface area contributed by atoms with Crippen molar-refractivity contribution in [2.24, 2.45) is 11.8 Å². The molecule has 0 aliphatic heterocycles. The van der Waals surface area contributed by atoms with E-state index in [0.717, 1.165) is 11.8 Å². The Hall–Kier alpha value is -0.113. The van der Waals surface area contributed by atoms with Crippen molar-refractivity contribution in [1.29, 1.82) is 0 Å². The Morgan fingerprint density at radius 1 is 1.30 bits per heavy atom. The molecule has 1 fully saturated rings. The molecule has 0 spiro atoms. The van der Waals surface area contributed by atoms with Gasteiger partial charge in [-0.05, 0) is 11.5 Å². The van der Waals surface area contributed by atoms with E-state index in [-0.39, 0.29) is 0 Å². The number of aldehydes is 1. The number of carbonyl (C=O) groups is 1. The Morgan fingerprint density at radius 2 is 1.80 bits per heavy atom. The maximum atomic E-state index is 10.5. The van der Waals surface area contributed by atoms with E-state index in [2.05, 4.69) is 26.6 Å². The van der Waals surface area contributed by atoms with Crippen LogP contribution in [0, 0.1) is 11.8 Å². The molecular formula is C8H16OSi. The van der Waals surface area contributed by atoms with Gasteiger partial charge >= 0.3 is 0 Å². The SMILES string of the molecule is CC1C(C=O)C1[Si](C)(C)C. The van der Waals surface area contributed by atoms with Gasteiger partial charge in [0.15, 0.2) is 0 Å². The zero-order chi connectivity index (χ0) is 7.94. The molecule has 2 heteroatoms. The molecule has 1 saturated carbocycles. The molecule has 0 radical (unpaired) electrons. The summed E-state index contributed by atoms with van der Waals surface area (Å²) in [4.78, 5) is 10.5. The van der Waals surface area contributed by atoms with Gasteiger partial charge in [-0.2, -0.15) is 0 Å². The molecule has 0 aromatic rings. The summed E-state index contributed by atoms with van der Waals surface area (Å²) in [5, 5.41) is 0. The summed E-state index contributed by atoms with van der Waals surface area (Å²) in [7, 11) is -1.00. The zero-order valence-electron chi connectivity index (χ0n) is 7.22. The van der Waals surface area contributed by atoms with Crippen LogP contribution in [0.1, 0.15) is 6.92 Å². The van der Waals surface area contributed by atoms with Gasteiger partial charge in [0, 0.05) is 14.0 Å².